The maximum atomic E-state index is 13.6. The van der Waals surface area contributed by atoms with E-state index in [1.807, 2.05) is 26.0 Å². The maximum absolute atomic E-state index is 13.6. The summed E-state index contributed by atoms with van der Waals surface area (Å²) in [5.74, 6) is -1.32. The second kappa shape index (κ2) is 15.1. The van der Waals surface area contributed by atoms with E-state index < -0.39 is 30.4 Å². The van der Waals surface area contributed by atoms with Gasteiger partial charge < -0.3 is 25.4 Å². The minimum absolute atomic E-state index is 0. The molecule has 0 aliphatic carbocycles. The van der Waals surface area contributed by atoms with E-state index in [1.54, 1.807) is 36.1 Å². The van der Waals surface area contributed by atoms with Gasteiger partial charge in [0.25, 0.3) is 5.91 Å². The van der Waals surface area contributed by atoms with E-state index in [-0.39, 0.29) is 66.5 Å². The Balaban J connectivity index is 0.00000533. The van der Waals surface area contributed by atoms with Crippen LogP contribution in [-0.4, -0.2) is 85.9 Å². The van der Waals surface area contributed by atoms with Crippen LogP contribution in [0.5, 0.6) is 5.75 Å². The normalized spacial score (nSPS) is 12.5. The molecule has 0 saturated heterocycles. The Kier molecular flexibility index (Phi) is 12.6. The van der Waals surface area contributed by atoms with E-state index in [1.165, 1.54) is 12.1 Å². The van der Waals surface area contributed by atoms with Crippen LogP contribution in [0.2, 0.25) is 0 Å². The monoisotopic (exact) mass is 551 g/mol. The number of aliphatic carboxylic acids is 1. The Labute approximate surface area is 249 Å². The van der Waals surface area contributed by atoms with Gasteiger partial charge in [0, 0.05) is 17.8 Å². The number of ether oxygens (including phenoxy) is 1. The van der Waals surface area contributed by atoms with Gasteiger partial charge in [0.1, 0.15) is 11.6 Å². The van der Waals surface area contributed by atoms with E-state index >= 15 is 0 Å². The number of carboxylic acid groups (broad SMARTS) is 1. The summed E-state index contributed by atoms with van der Waals surface area (Å²) < 4.78 is 20.4. The molecule has 0 bridgehead atoms. The molecule has 2 atom stereocenters. The number of aliphatic hydroxyl groups excluding tert-OH is 2. The molecule has 0 aliphatic rings. The molecule has 0 saturated carbocycles. The molecule has 4 N–H and O–H groups in total. The molecule has 3 rings (SSSR count). The van der Waals surface area contributed by atoms with Crippen molar-refractivity contribution in [3.63, 3.8) is 0 Å². The Morgan fingerprint density at radius 3 is 2.26 bits per heavy atom. The van der Waals surface area contributed by atoms with Crippen LogP contribution in [0, 0.1) is 5.82 Å². The van der Waals surface area contributed by atoms with Gasteiger partial charge in [-0.3, -0.25) is 9.59 Å². The van der Waals surface area contributed by atoms with Gasteiger partial charge in [-0.15, -0.1) is 0 Å². The summed E-state index contributed by atoms with van der Waals surface area (Å²) in [4.78, 5) is 24.1. The van der Waals surface area contributed by atoms with E-state index in [4.69, 9.17) is 9.84 Å². The van der Waals surface area contributed by atoms with Crippen LogP contribution in [0.15, 0.2) is 48.5 Å². The first-order valence-electron chi connectivity index (χ1n) is 12.5. The molecular formula is C28H35FN3NaO6. The second-order valence-corrected chi connectivity index (χ2v) is 9.46. The van der Waals surface area contributed by atoms with Crippen LogP contribution >= 0.6 is 0 Å². The standard InChI is InChI=1S/C28H34FN3O6.Na.H/c1-17(2)26-24(13-10-21(33)14-22(34)15-25(35)36)32(20-8-6-19(29)7-9-20)31-27(26)28(37)30-16-18-4-11-23(38-3)12-5-18;;/h4-9,11-12,17,21-22,33-34H,10,13-16H2,1-3H3,(H,30,37)(H,35,36);;/t21-,22-;;/m1../s1. The van der Waals surface area contributed by atoms with Crippen molar-refractivity contribution in [2.45, 2.75) is 64.2 Å². The zero-order valence-corrected chi connectivity index (χ0v) is 21.7. The van der Waals surface area contributed by atoms with Gasteiger partial charge in [0.15, 0.2) is 5.69 Å². The third kappa shape index (κ3) is 9.15. The molecular weight excluding hydrogens is 516 g/mol. The number of nitrogens with zero attached hydrogens (tertiary/aromatic N) is 2. The topological polar surface area (TPSA) is 134 Å². The zero-order valence-electron chi connectivity index (χ0n) is 21.7. The van der Waals surface area contributed by atoms with Crippen molar-refractivity contribution >= 4 is 41.4 Å². The molecule has 39 heavy (non-hydrogen) atoms. The molecule has 0 spiro atoms. The number of carboxylic acids is 1. The van der Waals surface area contributed by atoms with Crippen LogP contribution < -0.4 is 10.1 Å². The third-order valence-corrected chi connectivity index (χ3v) is 6.17. The number of carbonyl (C=O) groups is 2. The molecule has 1 aromatic heterocycles. The van der Waals surface area contributed by atoms with Gasteiger partial charge in [0.2, 0.25) is 0 Å². The Hall–Kier alpha value is -2.76. The third-order valence-electron chi connectivity index (χ3n) is 6.17. The van der Waals surface area contributed by atoms with Crippen molar-refractivity contribution in [2.24, 2.45) is 0 Å². The molecule has 0 aliphatic heterocycles. The summed E-state index contributed by atoms with van der Waals surface area (Å²) in [6.45, 7) is 4.14. The van der Waals surface area contributed by atoms with Crippen LogP contribution in [0.25, 0.3) is 5.69 Å². The van der Waals surface area contributed by atoms with E-state index in [2.05, 4.69) is 10.4 Å². The molecule has 0 fully saturated rings. The first-order valence-corrected chi connectivity index (χ1v) is 12.5. The fourth-order valence-electron chi connectivity index (χ4n) is 4.31. The quantitative estimate of drug-likeness (QED) is 0.240. The van der Waals surface area contributed by atoms with Gasteiger partial charge in [-0.2, -0.15) is 5.10 Å². The van der Waals surface area contributed by atoms with Gasteiger partial charge in [0.05, 0.1) is 31.4 Å². The average Bonchev–Trinajstić information content (AvgIpc) is 3.26. The molecule has 0 radical (unpaired) electrons. The summed E-state index contributed by atoms with van der Waals surface area (Å²) in [6.07, 6.45) is -2.19. The van der Waals surface area contributed by atoms with E-state index in [0.29, 0.717) is 29.1 Å². The summed E-state index contributed by atoms with van der Waals surface area (Å²) in [5, 5.41) is 36.7. The van der Waals surface area contributed by atoms with Crippen molar-refractivity contribution in [3.05, 3.63) is 76.9 Å². The number of aliphatic hydroxyl groups is 2. The fraction of sp³-hybridized carbons (Fsp3) is 0.393. The molecule has 206 valence electrons. The summed E-state index contributed by atoms with van der Waals surface area (Å²) in [6, 6.07) is 13.0. The Morgan fingerprint density at radius 1 is 1.05 bits per heavy atom. The predicted molar refractivity (Wildman–Crippen MR) is 146 cm³/mol. The van der Waals surface area contributed by atoms with Gasteiger partial charge >= 0.3 is 35.5 Å². The number of carbonyl (C=O) groups excluding carboxylic acids is 1. The number of rotatable bonds is 13. The SMILES string of the molecule is COc1ccc(CNC(=O)c2nn(-c3ccc(F)cc3)c(CC[C@@H](O)C[C@@H](O)CC(=O)O)c2C(C)C)cc1.[NaH]. The van der Waals surface area contributed by atoms with Crippen LogP contribution in [0.4, 0.5) is 4.39 Å². The van der Waals surface area contributed by atoms with Gasteiger partial charge in [-0.25, -0.2) is 9.07 Å². The molecule has 9 nitrogen and oxygen atoms in total. The first-order chi connectivity index (χ1) is 18.1. The van der Waals surface area contributed by atoms with Gasteiger partial charge in [-0.1, -0.05) is 26.0 Å². The number of halogens is 1. The molecule has 2 aromatic carbocycles. The minimum atomic E-state index is -1.17. The van der Waals surface area contributed by atoms with Crippen molar-refractivity contribution in [1.29, 1.82) is 0 Å². The average molecular weight is 552 g/mol. The number of nitrogens with one attached hydrogen (secondary N) is 1. The number of methoxy groups -OCH3 is 1. The molecule has 11 heteroatoms. The Bertz CT molecular complexity index is 1230. The molecule has 3 aromatic rings. The first kappa shape index (κ1) is 32.5. The summed E-state index contributed by atoms with van der Waals surface area (Å²) in [5.41, 5.74) is 3.03. The summed E-state index contributed by atoms with van der Waals surface area (Å²) in [7, 11) is 1.58. The van der Waals surface area contributed by atoms with E-state index in [0.717, 1.165) is 5.56 Å². The fourth-order valence-corrected chi connectivity index (χ4v) is 4.31. The van der Waals surface area contributed by atoms with Crippen molar-refractivity contribution in [1.82, 2.24) is 15.1 Å². The van der Waals surface area contributed by atoms with E-state index in [9.17, 15) is 24.2 Å². The number of amides is 1. The number of benzene rings is 2. The number of aromatic nitrogens is 2. The van der Waals surface area contributed by atoms with Gasteiger partial charge in [-0.05, 0) is 67.1 Å². The molecule has 1 heterocycles. The summed E-state index contributed by atoms with van der Waals surface area (Å²) >= 11 is 0. The zero-order chi connectivity index (χ0) is 27.8. The molecule has 0 unspecified atom stereocenters. The predicted octanol–water partition coefficient (Wildman–Crippen LogP) is 2.94. The molecule has 1 amide bonds. The van der Waals surface area contributed by atoms with Crippen LogP contribution in [0.1, 0.15) is 66.3 Å². The number of hydrogen-bond acceptors (Lipinski definition) is 6. The van der Waals surface area contributed by atoms with Crippen molar-refractivity contribution in [2.75, 3.05) is 7.11 Å². The van der Waals surface area contributed by atoms with Crippen molar-refractivity contribution in [3.8, 4) is 11.4 Å². The second-order valence-electron chi connectivity index (χ2n) is 9.46. The Morgan fingerprint density at radius 2 is 1.69 bits per heavy atom. The van der Waals surface area contributed by atoms with Crippen molar-refractivity contribution < 1.29 is 34.0 Å². The number of hydrogen-bond donors (Lipinski definition) is 4. The van der Waals surface area contributed by atoms with Crippen LogP contribution in [-0.2, 0) is 17.8 Å². The van der Waals surface area contributed by atoms with Crippen LogP contribution in [0.3, 0.4) is 0 Å².